The second kappa shape index (κ2) is 6.18. The summed E-state index contributed by atoms with van der Waals surface area (Å²) < 4.78 is 44.7. The van der Waals surface area contributed by atoms with Crippen LogP contribution in [0.1, 0.15) is 46.6 Å². The fourth-order valence-electron chi connectivity index (χ4n) is 1.91. The summed E-state index contributed by atoms with van der Waals surface area (Å²) in [4.78, 5) is 11.6. The number of ether oxygens (including phenoxy) is 1. The minimum Gasteiger partial charge on any atom is -0.444 e. The summed E-state index contributed by atoms with van der Waals surface area (Å²) in [6.45, 7) is 7.85. The van der Waals surface area contributed by atoms with Gasteiger partial charge in [0.05, 0.1) is 5.41 Å². The fourth-order valence-corrected chi connectivity index (χ4v) is 1.91. The Morgan fingerprint density at radius 2 is 1.59 bits per heavy atom. The molecule has 6 heteroatoms. The van der Waals surface area contributed by atoms with Crippen molar-refractivity contribution in [3.8, 4) is 0 Å². The number of alkyl halides is 3. The highest BCUT2D eigenvalue weighted by Gasteiger charge is 2.50. The molecule has 1 aromatic rings. The van der Waals surface area contributed by atoms with Gasteiger partial charge in [0.25, 0.3) is 0 Å². The molecule has 1 aromatic carbocycles. The van der Waals surface area contributed by atoms with E-state index >= 15 is 0 Å². The molecule has 0 fully saturated rings. The molecule has 1 unspecified atom stereocenters. The van der Waals surface area contributed by atoms with E-state index in [0.717, 1.165) is 0 Å². The lowest BCUT2D eigenvalue weighted by Gasteiger charge is -2.31. The van der Waals surface area contributed by atoms with Crippen molar-refractivity contribution in [1.82, 2.24) is 0 Å². The van der Waals surface area contributed by atoms with Crippen molar-refractivity contribution < 1.29 is 22.7 Å². The largest absolute Gasteiger partial charge is 0.444 e. The van der Waals surface area contributed by atoms with Crippen molar-refractivity contribution in [2.75, 3.05) is 5.32 Å². The van der Waals surface area contributed by atoms with Crippen LogP contribution < -0.4 is 5.32 Å². The van der Waals surface area contributed by atoms with Gasteiger partial charge in [0.2, 0.25) is 0 Å². The Hall–Kier alpha value is -1.72. The van der Waals surface area contributed by atoms with E-state index < -0.39 is 23.3 Å². The molecule has 0 aromatic heterocycles. The first kappa shape index (κ1) is 18.3. The molecular weight excluding hydrogens is 295 g/mol. The highest BCUT2D eigenvalue weighted by molar-refractivity contribution is 5.84. The van der Waals surface area contributed by atoms with E-state index in [1.54, 1.807) is 20.8 Å². The van der Waals surface area contributed by atoms with E-state index in [9.17, 15) is 18.0 Å². The fraction of sp³-hybridized carbons (Fsp3) is 0.562. The molecule has 1 amide bonds. The third-order valence-corrected chi connectivity index (χ3v) is 3.50. The second-order valence-electron chi connectivity index (χ2n) is 6.39. The van der Waals surface area contributed by atoms with Gasteiger partial charge in [0.1, 0.15) is 5.60 Å². The first-order valence-corrected chi connectivity index (χ1v) is 7.06. The van der Waals surface area contributed by atoms with Gasteiger partial charge in [-0.05, 0) is 51.8 Å². The number of anilines is 1. The molecule has 1 atom stereocenters. The average Bonchev–Trinajstić information content (AvgIpc) is 2.35. The average molecular weight is 317 g/mol. The molecular formula is C16H22F3NO2. The van der Waals surface area contributed by atoms with E-state index in [2.05, 4.69) is 5.32 Å². The SMILES string of the molecule is CCC(C)(c1ccc(NC(=O)OC(C)(C)C)cc1)C(F)(F)F. The highest BCUT2D eigenvalue weighted by Crippen LogP contribution is 2.43. The maximum atomic E-state index is 13.2. The van der Waals surface area contributed by atoms with E-state index in [-0.39, 0.29) is 12.0 Å². The molecule has 0 saturated heterocycles. The number of halogens is 3. The van der Waals surface area contributed by atoms with Gasteiger partial charge in [-0.15, -0.1) is 0 Å². The second-order valence-corrected chi connectivity index (χ2v) is 6.39. The summed E-state index contributed by atoms with van der Waals surface area (Å²) in [5.74, 6) is 0. The Bertz CT molecular complexity index is 518. The van der Waals surface area contributed by atoms with Crippen LogP contribution in [0.3, 0.4) is 0 Å². The first-order chi connectivity index (χ1) is 9.89. The molecule has 1 N–H and O–H groups in total. The summed E-state index contributed by atoms with van der Waals surface area (Å²) in [6.07, 6.45) is -5.04. The van der Waals surface area contributed by atoms with Gasteiger partial charge in [0, 0.05) is 5.69 Å². The molecule has 0 bridgehead atoms. The molecule has 0 aliphatic carbocycles. The molecule has 124 valence electrons. The Labute approximate surface area is 128 Å². The number of benzene rings is 1. The number of nitrogens with one attached hydrogen (secondary N) is 1. The van der Waals surface area contributed by atoms with Crippen LogP contribution in [-0.2, 0) is 10.2 Å². The van der Waals surface area contributed by atoms with Crippen LogP contribution in [0.4, 0.5) is 23.7 Å². The molecule has 0 heterocycles. The number of hydrogen-bond acceptors (Lipinski definition) is 2. The van der Waals surface area contributed by atoms with Gasteiger partial charge < -0.3 is 4.74 Å². The maximum absolute atomic E-state index is 13.2. The predicted octanol–water partition coefficient (Wildman–Crippen LogP) is 5.26. The standard InChI is InChI=1S/C16H22F3NO2/c1-6-15(5,16(17,18)19)11-7-9-12(10-8-11)20-13(21)22-14(2,3)4/h7-10H,6H2,1-5H3,(H,20,21). The monoisotopic (exact) mass is 317 g/mol. The summed E-state index contributed by atoms with van der Waals surface area (Å²) in [5, 5.41) is 2.49. The van der Waals surface area contributed by atoms with Crippen molar-refractivity contribution in [2.45, 2.75) is 58.2 Å². The van der Waals surface area contributed by atoms with Gasteiger partial charge in [0.15, 0.2) is 0 Å². The molecule has 0 radical (unpaired) electrons. The predicted molar refractivity (Wildman–Crippen MR) is 80.0 cm³/mol. The highest BCUT2D eigenvalue weighted by atomic mass is 19.4. The van der Waals surface area contributed by atoms with Crippen molar-refractivity contribution in [3.05, 3.63) is 29.8 Å². The zero-order valence-electron chi connectivity index (χ0n) is 13.5. The molecule has 3 nitrogen and oxygen atoms in total. The third kappa shape index (κ3) is 4.39. The van der Waals surface area contributed by atoms with Crippen molar-refractivity contribution in [3.63, 3.8) is 0 Å². The Balaban J connectivity index is 2.89. The van der Waals surface area contributed by atoms with Gasteiger partial charge in [-0.25, -0.2) is 4.79 Å². The van der Waals surface area contributed by atoms with E-state index in [1.165, 1.54) is 38.1 Å². The van der Waals surface area contributed by atoms with E-state index in [4.69, 9.17) is 4.74 Å². The molecule has 0 aliphatic heterocycles. The third-order valence-electron chi connectivity index (χ3n) is 3.50. The lowest BCUT2D eigenvalue weighted by molar-refractivity contribution is -0.186. The Morgan fingerprint density at radius 1 is 1.09 bits per heavy atom. The maximum Gasteiger partial charge on any atom is 0.412 e. The Kier molecular flexibility index (Phi) is 5.15. The van der Waals surface area contributed by atoms with E-state index in [0.29, 0.717) is 5.69 Å². The number of amides is 1. The quantitative estimate of drug-likeness (QED) is 0.825. The van der Waals surface area contributed by atoms with Crippen LogP contribution in [0.5, 0.6) is 0 Å². The minimum absolute atomic E-state index is 0.0602. The van der Waals surface area contributed by atoms with Gasteiger partial charge in [-0.2, -0.15) is 13.2 Å². The number of rotatable bonds is 3. The van der Waals surface area contributed by atoms with Crippen molar-refractivity contribution in [1.29, 1.82) is 0 Å². The number of carbonyl (C=O) groups is 1. The number of carbonyl (C=O) groups excluding carboxylic acids is 1. The molecule has 0 spiro atoms. The summed E-state index contributed by atoms with van der Waals surface area (Å²) >= 11 is 0. The molecule has 0 aliphatic rings. The summed E-state index contributed by atoms with van der Waals surface area (Å²) in [5.41, 5.74) is -1.99. The van der Waals surface area contributed by atoms with E-state index in [1.807, 2.05) is 0 Å². The number of hydrogen-bond donors (Lipinski definition) is 1. The Morgan fingerprint density at radius 3 is 1.95 bits per heavy atom. The van der Waals surface area contributed by atoms with Crippen LogP contribution in [-0.4, -0.2) is 17.9 Å². The van der Waals surface area contributed by atoms with Crippen LogP contribution in [0.2, 0.25) is 0 Å². The minimum atomic E-state index is -4.33. The van der Waals surface area contributed by atoms with Crippen molar-refractivity contribution in [2.24, 2.45) is 0 Å². The van der Waals surface area contributed by atoms with Gasteiger partial charge >= 0.3 is 12.3 Å². The van der Waals surface area contributed by atoms with Gasteiger partial charge in [-0.3, -0.25) is 5.32 Å². The lowest BCUT2D eigenvalue weighted by Crippen LogP contribution is -2.38. The van der Waals surface area contributed by atoms with Gasteiger partial charge in [-0.1, -0.05) is 19.1 Å². The topological polar surface area (TPSA) is 38.3 Å². The zero-order valence-corrected chi connectivity index (χ0v) is 13.5. The molecule has 22 heavy (non-hydrogen) atoms. The molecule has 0 saturated carbocycles. The summed E-state index contributed by atoms with van der Waals surface area (Å²) in [6, 6.07) is 5.64. The first-order valence-electron chi connectivity index (χ1n) is 7.06. The van der Waals surface area contributed by atoms with Crippen LogP contribution in [0.25, 0.3) is 0 Å². The van der Waals surface area contributed by atoms with Crippen LogP contribution >= 0.6 is 0 Å². The van der Waals surface area contributed by atoms with Crippen LogP contribution in [0.15, 0.2) is 24.3 Å². The lowest BCUT2D eigenvalue weighted by atomic mass is 9.79. The van der Waals surface area contributed by atoms with Crippen LogP contribution in [0, 0.1) is 0 Å². The molecule has 1 rings (SSSR count). The normalized spacial score (nSPS) is 15.1. The zero-order chi connectivity index (χ0) is 17.2. The van der Waals surface area contributed by atoms with Crippen molar-refractivity contribution >= 4 is 11.8 Å². The summed E-state index contributed by atoms with van der Waals surface area (Å²) in [7, 11) is 0. The smallest absolute Gasteiger partial charge is 0.412 e.